The third kappa shape index (κ3) is 3.33. The Morgan fingerprint density at radius 3 is 2.89 bits per heavy atom. The number of methoxy groups -OCH3 is 1. The first-order chi connectivity index (χ1) is 9.35. The molecule has 3 atom stereocenters. The second-order valence-electron chi connectivity index (χ2n) is 5.90. The van der Waals surface area contributed by atoms with Gasteiger partial charge in [-0.15, -0.1) is 21.5 Å². The normalized spacial score (nSPS) is 29.2. The summed E-state index contributed by atoms with van der Waals surface area (Å²) < 4.78 is 5.01. The predicted molar refractivity (Wildman–Crippen MR) is 76.1 cm³/mol. The van der Waals surface area contributed by atoms with Crippen molar-refractivity contribution in [3.63, 3.8) is 0 Å². The van der Waals surface area contributed by atoms with Gasteiger partial charge in [0.2, 0.25) is 0 Å². The Morgan fingerprint density at radius 2 is 2.16 bits per heavy atom. The maximum absolute atomic E-state index is 5.01. The molecule has 2 aliphatic rings. The Bertz CT molecular complexity index is 409. The van der Waals surface area contributed by atoms with Crippen LogP contribution in [0.1, 0.15) is 35.7 Å². The molecule has 3 unspecified atom stereocenters. The lowest BCUT2D eigenvalue weighted by molar-refractivity contribution is 0.199. The SMILES string of the molecule is COCCNCc1nnc(CC2CC3CCC2C3)s1. The third-order valence-corrected chi connectivity index (χ3v) is 5.53. The first-order valence-electron chi connectivity index (χ1n) is 7.36. The van der Waals surface area contributed by atoms with Crippen LogP contribution in [-0.2, 0) is 17.7 Å². The molecule has 5 heteroatoms. The van der Waals surface area contributed by atoms with E-state index in [-0.39, 0.29) is 0 Å². The van der Waals surface area contributed by atoms with Crippen molar-refractivity contribution in [1.29, 1.82) is 0 Å². The van der Waals surface area contributed by atoms with Crippen molar-refractivity contribution in [2.24, 2.45) is 17.8 Å². The first-order valence-corrected chi connectivity index (χ1v) is 8.17. The Hall–Kier alpha value is -0.520. The molecule has 19 heavy (non-hydrogen) atoms. The van der Waals surface area contributed by atoms with Crippen LogP contribution in [0, 0.1) is 17.8 Å². The van der Waals surface area contributed by atoms with Gasteiger partial charge in [-0.25, -0.2) is 0 Å². The molecular weight excluding hydrogens is 258 g/mol. The zero-order valence-corrected chi connectivity index (χ0v) is 12.4. The van der Waals surface area contributed by atoms with E-state index in [0.29, 0.717) is 0 Å². The van der Waals surface area contributed by atoms with E-state index >= 15 is 0 Å². The summed E-state index contributed by atoms with van der Waals surface area (Å²) >= 11 is 1.78. The molecule has 0 aliphatic heterocycles. The van der Waals surface area contributed by atoms with Crippen LogP contribution < -0.4 is 5.32 Å². The van der Waals surface area contributed by atoms with Crippen LogP contribution >= 0.6 is 11.3 Å². The molecule has 2 saturated carbocycles. The largest absolute Gasteiger partial charge is 0.383 e. The van der Waals surface area contributed by atoms with E-state index in [1.165, 1.54) is 30.7 Å². The van der Waals surface area contributed by atoms with Gasteiger partial charge in [-0.1, -0.05) is 6.42 Å². The number of fused-ring (bicyclic) bond motifs is 2. The zero-order chi connectivity index (χ0) is 13.1. The molecule has 0 aromatic carbocycles. The summed E-state index contributed by atoms with van der Waals surface area (Å²) in [7, 11) is 1.72. The summed E-state index contributed by atoms with van der Waals surface area (Å²) in [6.45, 7) is 2.44. The molecule has 106 valence electrons. The minimum atomic E-state index is 0.747. The van der Waals surface area contributed by atoms with E-state index in [1.807, 2.05) is 0 Å². The van der Waals surface area contributed by atoms with Crippen molar-refractivity contribution in [3.8, 4) is 0 Å². The summed E-state index contributed by atoms with van der Waals surface area (Å²) in [6.07, 6.45) is 7.02. The molecule has 0 spiro atoms. The molecule has 1 N–H and O–H groups in total. The van der Waals surface area contributed by atoms with E-state index < -0.39 is 0 Å². The summed E-state index contributed by atoms with van der Waals surface area (Å²) in [6, 6.07) is 0. The van der Waals surface area contributed by atoms with Gasteiger partial charge in [-0.3, -0.25) is 0 Å². The molecule has 2 aliphatic carbocycles. The van der Waals surface area contributed by atoms with Gasteiger partial charge in [0.15, 0.2) is 0 Å². The number of nitrogens with zero attached hydrogens (tertiary/aromatic N) is 2. The van der Waals surface area contributed by atoms with Gasteiger partial charge in [-0.05, 0) is 37.0 Å². The Morgan fingerprint density at radius 1 is 1.26 bits per heavy atom. The number of hydrogen-bond donors (Lipinski definition) is 1. The molecule has 0 saturated heterocycles. The van der Waals surface area contributed by atoms with Gasteiger partial charge >= 0.3 is 0 Å². The summed E-state index contributed by atoms with van der Waals surface area (Å²) in [5, 5.41) is 14.3. The lowest BCUT2D eigenvalue weighted by atomic mass is 9.87. The van der Waals surface area contributed by atoms with Crippen LogP contribution in [0.15, 0.2) is 0 Å². The monoisotopic (exact) mass is 281 g/mol. The summed E-state index contributed by atoms with van der Waals surface area (Å²) in [5.74, 6) is 2.90. The van der Waals surface area contributed by atoms with Crippen LogP contribution in [0.3, 0.4) is 0 Å². The van der Waals surface area contributed by atoms with Gasteiger partial charge in [-0.2, -0.15) is 0 Å². The van der Waals surface area contributed by atoms with Gasteiger partial charge in [0.1, 0.15) is 10.0 Å². The van der Waals surface area contributed by atoms with Crippen LogP contribution in [-0.4, -0.2) is 30.5 Å². The van der Waals surface area contributed by atoms with Crippen molar-refractivity contribution in [1.82, 2.24) is 15.5 Å². The van der Waals surface area contributed by atoms with Gasteiger partial charge < -0.3 is 10.1 Å². The maximum atomic E-state index is 5.01. The topological polar surface area (TPSA) is 47.0 Å². The first kappa shape index (κ1) is 13.5. The fraction of sp³-hybridized carbons (Fsp3) is 0.857. The van der Waals surface area contributed by atoms with E-state index in [1.54, 1.807) is 18.4 Å². The zero-order valence-electron chi connectivity index (χ0n) is 11.6. The smallest absolute Gasteiger partial charge is 0.131 e. The van der Waals surface area contributed by atoms with Gasteiger partial charge in [0, 0.05) is 26.6 Å². The second kappa shape index (κ2) is 6.29. The quantitative estimate of drug-likeness (QED) is 0.779. The maximum Gasteiger partial charge on any atom is 0.131 e. The third-order valence-electron chi connectivity index (χ3n) is 4.59. The molecule has 1 aromatic heterocycles. The number of rotatable bonds is 7. The van der Waals surface area contributed by atoms with Crippen LogP contribution in [0.25, 0.3) is 0 Å². The number of ether oxygens (including phenoxy) is 1. The van der Waals surface area contributed by atoms with E-state index in [4.69, 9.17) is 4.74 Å². The Labute approximate surface area is 119 Å². The Balaban J connectivity index is 1.45. The van der Waals surface area contributed by atoms with Crippen molar-refractivity contribution in [2.75, 3.05) is 20.3 Å². The Kier molecular flexibility index (Phi) is 4.45. The molecule has 1 heterocycles. The molecule has 4 nitrogen and oxygen atoms in total. The lowest BCUT2D eigenvalue weighted by Crippen LogP contribution is -2.18. The molecule has 0 radical (unpaired) electrons. The standard InChI is InChI=1S/C14H23N3OS/c1-18-5-4-15-9-14-17-16-13(19-14)8-12-7-10-2-3-11(12)6-10/h10-12,15H,2-9H2,1H3. The number of hydrogen-bond acceptors (Lipinski definition) is 5. The summed E-state index contributed by atoms with van der Waals surface area (Å²) in [4.78, 5) is 0. The molecule has 2 bridgehead atoms. The van der Waals surface area contributed by atoms with Crippen LogP contribution in [0.4, 0.5) is 0 Å². The van der Waals surface area contributed by atoms with Crippen molar-refractivity contribution in [3.05, 3.63) is 10.0 Å². The minimum Gasteiger partial charge on any atom is -0.383 e. The number of nitrogens with one attached hydrogen (secondary N) is 1. The fourth-order valence-electron chi connectivity index (χ4n) is 3.66. The average molecular weight is 281 g/mol. The number of aromatic nitrogens is 2. The van der Waals surface area contributed by atoms with E-state index in [0.717, 1.165) is 48.9 Å². The van der Waals surface area contributed by atoms with Gasteiger partial charge in [0.05, 0.1) is 6.61 Å². The highest BCUT2D eigenvalue weighted by molar-refractivity contribution is 7.11. The molecule has 2 fully saturated rings. The highest BCUT2D eigenvalue weighted by atomic mass is 32.1. The summed E-state index contributed by atoms with van der Waals surface area (Å²) in [5.41, 5.74) is 0. The fourth-order valence-corrected chi connectivity index (χ4v) is 4.57. The molecule has 1 aromatic rings. The van der Waals surface area contributed by atoms with Gasteiger partial charge in [0.25, 0.3) is 0 Å². The molecule has 3 rings (SSSR count). The van der Waals surface area contributed by atoms with Crippen molar-refractivity contribution < 1.29 is 4.74 Å². The second-order valence-corrected chi connectivity index (χ2v) is 7.04. The van der Waals surface area contributed by atoms with E-state index in [2.05, 4.69) is 15.5 Å². The minimum absolute atomic E-state index is 0.747. The highest BCUT2D eigenvalue weighted by Crippen LogP contribution is 2.49. The van der Waals surface area contributed by atoms with E-state index in [9.17, 15) is 0 Å². The van der Waals surface area contributed by atoms with Crippen LogP contribution in [0.5, 0.6) is 0 Å². The van der Waals surface area contributed by atoms with Crippen LogP contribution in [0.2, 0.25) is 0 Å². The predicted octanol–water partition coefficient (Wildman–Crippen LogP) is 2.25. The van der Waals surface area contributed by atoms with Crippen molar-refractivity contribution in [2.45, 2.75) is 38.6 Å². The van der Waals surface area contributed by atoms with Crippen molar-refractivity contribution >= 4 is 11.3 Å². The molecular formula is C14H23N3OS. The highest BCUT2D eigenvalue weighted by Gasteiger charge is 2.39. The average Bonchev–Trinajstić information content (AvgIpc) is 3.11. The lowest BCUT2D eigenvalue weighted by Gasteiger charge is -2.19. The molecule has 0 amide bonds.